The fourth-order valence-electron chi connectivity index (χ4n) is 3.03. The van der Waals surface area contributed by atoms with Crippen LogP contribution < -0.4 is 4.90 Å². The van der Waals surface area contributed by atoms with Gasteiger partial charge in [-0.15, -0.1) is 24.2 Å². The molecule has 31 heavy (non-hydrogen) atoms. The van der Waals surface area contributed by atoms with Crippen LogP contribution in [0.3, 0.4) is 0 Å². The van der Waals surface area contributed by atoms with Gasteiger partial charge in [0.05, 0.1) is 10.2 Å². The van der Waals surface area contributed by atoms with E-state index in [1.807, 2.05) is 0 Å². The molecule has 0 fully saturated rings. The van der Waals surface area contributed by atoms with Crippen molar-refractivity contribution < 1.29 is 13.6 Å². The number of amides is 1. The topological polar surface area (TPSA) is 36.4 Å². The summed E-state index contributed by atoms with van der Waals surface area (Å²) in [5.41, 5.74) is 0.692. The van der Waals surface area contributed by atoms with Gasteiger partial charge in [-0.25, -0.2) is 13.8 Å². The first kappa shape index (κ1) is 25.5. The molecule has 4 nitrogen and oxygen atoms in total. The minimum atomic E-state index is -0.311. The number of nitrogens with zero attached hydrogens (tertiary/aromatic N) is 3. The van der Waals surface area contributed by atoms with Crippen molar-refractivity contribution in [3.8, 4) is 0 Å². The van der Waals surface area contributed by atoms with Gasteiger partial charge in [-0.2, -0.15) is 0 Å². The van der Waals surface area contributed by atoms with Crippen LogP contribution in [0.1, 0.15) is 20.3 Å². The number of carbonyl (C=O) groups is 1. The summed E-state index contributed by atoms with van der Waals surface area (Å²) in [6.07, 6.45) is 0.338. The molecule has 168 valence electrons. The third kappa shape index (κ3) is 7.14. The van der Waals surface area contributed by atoms with Crippen molar-refractivity contribution in [2.75, 3.05) is 36.8 Å². The largest absolute Gasteiger partial charge is 0.302 e. The van der Waals surface area contributed by atoms with Crippen molar-refractivity contribution in [3.05, 3.63) is 54.1 Å². The molecule has 0 aliphatic carbocycles. The van der Waals surface area contributed by atoms with Crippen molar-refractivity contribution in [3.63, 3.8) is 0 Å². The summed E-state index contributed by atoms with van der Waals surface area (Å²) in [4.78, 5) is 22.5. The SMILES string of the molecule is CCN(CC)CCN(C(=O)CCSc1ccc(F)cc1)c1nc2ccc(F)cc2s1.Cl. The molecule has 0 saturated carbocycles. The van der Waals surface area contributed by atoms with E-state index >= 15 is 0 Å². The molecule has 3 rings (SSSR count). The van der Waals surface area contributed by atoms with Gasteiger partial charge in [0, 0.05) is 30.2 Å². The molecule has 0 aliphatic rings. The Hall–Kier alpha value is -1.74. The van der Waals surface area contributed by atoms with Crippen LogP contribution in [0.5, 0.6) is 0 Å². The maximum absolute atomic E-state index is 13.6. The minimum Gasteiger partial charge on any atom is -0.302 e. The number of carbonyl (C=O) groups excluding carboxylic acids is 1. The lowest BCUT2D eigenvalue weighted by atomic mass is 10.3. The Morgan fingerprint density at radius 2 is 1.71 bits per heavy atom. The maximum Gasteiger partial charge on any atom is 0.229 e. The number of anilines is 1. The number of hydrogen-bond donors (Lipinski definition) is 0. The minimum absolute atomic E-state index is 0. The lowest BCUT2D eigenvalue weighted by Gasteiger charge is -2.24. The third-order valence-electron chi connectivity index (χ3n) is 4.80. The number of fused-ring (bicyclic) bond motifs is 1. The van der Waals surface area contributed by atoms with Crippen LogP contribution in [-0.4, -0.2) is 47.7 Å². The highest BCUT2D eigenvalue weighted by atomic mass is 35.5. The molecule has 1 heterocycles. The van der Waals surface area contributed by atoms with E-state index in [0.717, 1.165) is 29.2 Å². The highest BCUT2D eigenvalue weighted by molar-refractivity contribution is 7.99. The van der Waals surface area contributed by atoms with Crippen LogP contribution >= 0.6 is 35.5 Å². The molecule has 0 N–H and O–H groups in total. The zero-order valence-electron chi connectivity index (χ0n) is 17.5. The predicted molar refractivity (Wildman–Crippen MR) is 129 cm³/mol. The summed E-state index contributed by atoms with van der Waals surface area (Å²) in [6, 6.07) is 10.7. The van der Waals surface area contributed by atoms with Crippen LogP contribution in [0.15, 0.2) is 47.4 Å². The van der Waals surface area contributed by atoms with E-state index in [-0.39, 0.29) is 29.9 Å². The van der Waals surface area contributed by atoms with E-state index < -0.39 is 0 Å². The molecular weight excluding hydrogens is 460 g/mol. The zero-order chi connectivity index (χ0) is 21.5. The third-order valence-corrected chi connectivity index (χ3v) is 6.86. The smallest absolute Gasteiger partial charge is 0.229 e. The highest BCUT2D eigenvalue weighted by Gasteiger charge is 2.20. The van der Waals surface area contributed by atoms with Crippen molar-refractivity contribution >= 4 is 56.8 Å². The van der Waals surface area contributed by atoms with Crippen molar-refractivity contribution in [2.24, 2.45) is 0 Å². The standard InChI is InChI=1S/C22H25F2N3OS2.ClH/c1-3-26(4-2)12-13-27(22-25-19-10-7-17(24)15-20(19)30-22)21(28)11-14-29-18-8-5-16(23)6-9-18;/h5-10,15H,3-4,11-14H2,1-2H3;1H. The van der Waals surface area contributed by atoms with Gasteiger partial charge in [0.2, 0.25) is 5.91 Å². The number of aromatic nitrogens is 1. The summed E-state index contributed by atoms with van der Waals surface area (Å²) in [5, 5.41) is 0.597. The molecular formula is C22H26ClF2N3OS2. The van der Waals surface area contributed by atoms with Crippen LogP contribution in [-0.2, 0) is 4.79 Å². The molecule has 0 aliphatic heterocycles. The average molecular weight is 486 g/mol. The van der Waals surface area contributed by atoms with Crippen LogP contribution in [0.4, 0.5) is 13.9 Å². The van der Waals surface area contributed by atoms with Gasteiger partial charge in [-0.05, 0) is 55.6 Å². The second-order valence-electron chi connectivity index (χ2n) is 6.73. The van der Waals surface area contributed by atoms with Crippen LogP contribution in [0.25, 0.3) is 10.2 Å². The first-order valence-electron chi connectivity index (χ1n) is 9.97. The first-order valence-corrected chi connectivity index (χ1v) is 11.8. The second-order valence-corrected chi connectivity index (χ2v) is 8.91. The number of likely N-dealkylation sites (N-methyl/N-ethyl adjacent to an activating group) is 1. The summed E-state index contributed by atoms with van der Waals surface area (Å²) < 4.78 is 27.3. The zero-order valence-corrected chi connectivity index (χ0v) is 20.0. The molecule has 1 amide bonds. The Morgan fingerprint density at radius 1 is 1.03 bits per heavy atom. The predicted octanol–water partition coefficient (Wildman–Crippen LogP) is 5.85. The monoisotopic (exact) mass is 485 g/mol. The molecule has 3 aromatic rings. The normalized spacial score (nSPS) is 11.0. The maximum atomic E-state index is 13.6. The van der Waals surface area contributed by atoms with Gasteiger partial charge in [-0.1, -0.05) is 25.2 Å². The van der Waals surface area contributed by atoms with E-state index in [1.165, 1.54) is 47.4 Å². The summed E-state index contributed by atoms with van der Waals surface area (Å²) in [6.45, 7) is 7.27. The number of rotatable bonds is 10. The van der Waals surface area contributed by atoms with Gasteiger partial charge < -0.3 is 4.90 Å². The summed E-state index contributed by atoms with van der Waals surface area (Å²) in [7, 11) is 0. The number of hydrogen-bond acceptors (Lipinski definition) is 5. The Balaban J connectivity index is 0.00000341. The summed E-state index contributed by atoms with van der Waals surface area (Å²) >= 11 is 2.85. The van der Waals surface area contributed by atoms with E-state index in [0.29, 0.717) is 29.4 Å². The Bertz CT molecular complexity index is 981. The molecule has 2 aromatic carbocycles. The molecule has 9 heteroatoms. The van der Waals surface area contributed by atoms with Gasteiger partial charge in [0.1, 0.15) is 11.6 Å². The number of benzene rings is 2. The lowest BCUT2D eigenvalue weighted by Crippen LogP contribution is -2.39. The lowest BCUT2D eigenvalue weighted by molar-refractivity contribution is -0.118. The number of thiazole rings is 1. The van der Waals surface area contributed by atoms with Gasteiger partial charge >= 0.3 is 0 Å². The van der Waals surface area contributed by atoms with E-state index in [2.05, 4.69) is 23.7 Å². The van der Waals surface area contributed by atoms with Gasteiger partial charge in [-0.3, -0.25) is 9.69 Å². The van der Waals surface area contributed by atoms with E-state index in [9.17, 15) is 13.6 Å². The average Bonchev–Trinajstić information content (AvgIpc) is 3.15. The quantitative estimate of drug-likeness (QED) is 0.337. The molecule has 0 unspecified atom stereocenters. The Kier molecular flexibility index (Phi) is 10.2. The van der Waals surface area contributed by atoms with E-state index in [1.54, 1.807) is 23.1 Å². The number of thioether (sulfide) groups is 1. The van der Waals surface area contributed by atoms with Crippen LogP contribution in [0, 0.1) is 11.6 Å². The molecule has 1 aromatic heterocycles. The van der Waals surface area contributed by atoms with Crippen molar-refractivity contribution in [2.45, 2.75) is 25.2 Å². The van der Waals surface area contributed by atoms with Crippen molar-refractivity contribution in [1.82, 2.24) is 9.88 Å². The van der Waals surface area contributed by atoms with Crippen molar-refractivity contribution in [1.29, 1.82) is 0 Å². The van der Waals surface area contributed by atoms with Gasteiger partial charge in [0.25, 0.3) is 0 Å². The molecule has 0 bridgehead atoms. The Morgan fingerprint density at radius 3 is 2.39 bits per heavy atom. The first-order chi connectivity index (χ1) is 14.5. The Labute approximate surface area is 196 Å². The summed E-state index contributed by atoms with van der Waals surface area (Å²) in [5.74, 6) is -0.0119. The number of halogens is 3. The van der Waals surface area contributed by atoms with Gasteiger partial charge in [0.15, 0.2) is 5.13 Å². The highest BCUT2D eigenvalue weighted by Crippen LogP contribution is 2.30. The second kappa shape index (κ2) is 12.3. The van der Waals surface area contributed by atoms with E-state index in [4.69, 9.17) is 0 Å². The molecule has 0 saturated heterocycles. The molecule has 0 atom stereocenters. The van der Waals surface area contributed by atoms with Crippen LogP contribution in [0.2, 0.25) is 0 Å². The fraction of sp³-hybridized carbons (Fsp3) is 0.364. The fourth-order valence-corrected chi connectivity index (χ4v) is 4.91. The molecule has 0 spiro atoms. The molecule has 0 radical (unpaired) electrons.